The minimum Gasteiger partial charge on any atom is -0.489 e. The van der Waals surface area contributed by atoms with Gasteiger partial charge < -0.3 is 20.3 Å². The molecule has 1 aromatic carbocycles. The highest BCUT2D eigenvalue weighted by atomic mass is 19.1. The number of hydrogen-bond acceptors (Lipinski definition) is 6. The molecule has 0 aliphatic carbocycles. The van der Waals surface area contributed by atoms with Gasteiger partial charge in [-0.25, -0.2) is 13.9 Å². The molecule has 0 spiro atoms. The predicted molar refractivity (Wildman–Crippen MR) is 83.3 cm³/mol. The van der Waals surface area contributed by atoms with Crippen molar-refractivity contribution in [1.29, 1.82) is 0 Å². The number of ether oxygens (including phenoxy) is 2. The van der Waals surface area contributed by atoms with Gasteiger partial charge in [0.15, 0.2) is 0 Å². The van der Waals surface area contributed by atoms with Gasteiger partial charge in [-0.3, -0.25) is 4.79 Å². The number of primary amides is 1. The van der Waals surface area contributed by atoms with Crippen molar-refractivity contribution in [2.75, 3.05) is 19.8 Å². The maximum atomic E-state index is 12.7. The zero-order chi connectivity index (χ0) is 17.5. The molecular weight excluding hydrogens is 321 g/mol. The van der Waals surface area contributed by atoms with Crippen LogP contribution in [0.1, 0.15) is 0 Å². The summed E-state index contributed by atoms with van der Waals surface area (Å²) in [4.78, 5) is 22.6. The van der Waals surface area contributed by atoms with Gasteiger partial charge in [0.25, 0.3) is 5.56 Å². The van der Waals surface area contributed by atoms with Crippen molar-refractivity contribution < 1.29 is 23.8 Å². The summed E-state index contributed by atoms with van der Waals surface area (Å²) in [6.45, 7) is -0.542. The number of halogens is 1. The van der Waals surface area contributed by atoms with Crippen molar-refractivity contribution in [2.45, 2.75) is 6.54 Å². The highest BCUT2D eigenvalue weighted by molar-refractivity contribution is 5.82. The van der Waals surface area contributed by atoms with Gasteiger partial charge in [-0.2, -0.15) is 5.10 Å². The smallest absolute Gasteiger partial charge is 0.404 e. The quantitative estimate of drug-likeness (QED) is 0.769. The summed E-state index contributed by atoms with van der Waals surface area (Å²) >= 11 is 0. The average Bonchev–Trinajstić information content (AvgIpc) is 2.57. The summed E-state index contributed by atoms with van der Waals surface area (Å²) in [7, 11) is 0. The Morgan fingerprint density at radius 2 is 2.21 bits per heavy atom. The molecule has 0 radical (unpaired) electrons. The number of benzene rings is 1. The number of aliphatic hydroxyl groups is 1. The van der Waals surface area contributed by atoms with Crippen LogP contribution < -0.4 is 16.0 Å². The highest BCUT2D eigenvalue weighted by Crippen LogP contribution is 2.18. The molecule has 1 amide bonds. The molecule has 24 heavy (non-hydrogen) atoms. The fraction of sp³-hybridized carbons (Fsp3) is 0.267. The van der Waals surface area contributed by atoms with E-state index in [0.717, 1.165) is 4.68 Å². The van der Waals surface area contributed by atoms with Gasteiger partial charge in [0.05, 0.1) is 31.1 Å². The van der Waals surface area contributed by atoms with Gasteiger partial charge in [0.2, 0.25) is 0 Å². The molecule has 0 saturated carbocycles. The zero-order valence-electron chi connectivity index (χ0n) is 12.6. The number of amides is 1. The molecule has 0 unspecified atom stereocenters. The lowest BCUT2D eigenvalue weighted by molar-refractivity contribution is 0.162. The Morgan fingerprint density at radius 3 is 2.88 bits per heavy atom. The number of rotatable bonds is 7. The number of carbonyl (C=O) groups excluding carboxylic acids is 1. The number of aromatic nitrogens is 2. The van der Waals surface area contributed by atoms with Gasteiger partial charge in [-0.15, -0.1) is 0 Å². The van der Waals surface area contributed by atoms with Crippen molar-refractivity contribution in [3.05, 3.63) is 46.7 Å². The van der Waals surface area contributed by atoms with Crippen LogP contribution in [0.15, 0.2) is 41.1 Å². The molecule has 0 aliphatic heterocycles. The summed E-state index contributed by atoms with van der Waals surface area (Å²) in [6, 6.07) is 4.69. The topological polar surface area (TPSA) is 117 Å². The second-order valence-corrected chi connectivity index (χ2v) is 4.81. The van der Waals surface area contributed by atoms with Crippen LogP contribution in [-0.2, 0) is 11.3 Å². The first-order valence-electron chi connectivity index (χ1n) is 6.99. The second kappa shape index (κ2) is 8.06. The highest BCUT2D eigenvalue weighted by Gasteiger charge is 2.07. The van der Waals surface area contributed by atoms with E-state index in [-0.39, 0.29) is 43.8 Å². The maximum Gasteiger partial charge on any atom is 0.404 e. The molecule has 1 aromatic heterocycles. The van der Waals surface area contributed by atoms with Crippen molar-refractivity contribution in [3.63, 3.8) is 0 Å². The molecule has 0 saturated heterocycles. The van der Waals surface area contributed by atoms with Crippen LogP contribution in [-0.4, -0.2) is 40.8 Å². The van der Waals surface area contributed by atoms with Gasteiger partial charge in [-0.1, -0.05) is 0 Å². The largest absolute Gasteiger partial charge is 0.489 e. The van der Waals surface area contributed by atoms with Crippen molar-refractivity contribution in [1.82, 2.24) is 9.78 Å². The fourth-order valence-electron chi connectivity index (χ4n) is 1.95. The van der Waals surface area contributed by atoms with Crippen LogP contribution in [0.4, 0.5) is 9.18 Å². The minimum atomic E-state index is -1.01. The Morgan fingerprint density at radius 1 is 1.42 bits per heavy atom. The van der Waals surface area contributed by atoms with Crippen LogP contribution in [0.3, 0.4) is 0 Å². The van der Waals surface area contributed by atoms with Gasteiger partial charge in [0.1, 0.15) is 19.0 Å². The van der Waals surface area contributed by atoms with E-state index >= 15 is 0 Å². The summed E-state index contributed by atoms with van der Waals surface area (Å²) in [5.41, 5.74) is 4.57. The van der Waals surface area contributed by atoms with E-state index in [4.69, 9.17) is 15.6 Å². The Hall–Kier alpha value is -2.94. The van der Waals surface area contributed by atoms with E-state index in [9.17, 15) is 14.0 Å². The summed E-state index contributed by atoms with van der Waals surface area (Å²) in [5, 5.41) is 13.8. The van der Waals surface area contributed by atoms with E-state index in [0.29, 0.717) is 16.5 Å². The molecule has 0 atom stereocenters. The number of fused-ring (bicyclic) bond motifs is 1. The first-order chi connectivity index (χ1) is 11.5. The second-order valence-electron chi connectivity index (χ2n) is 4.81. The van der Waals surface area contributed by atoms with Crippen molar-refractivity contribution in [3.8, 4) is 5.75 Å². The molecule has 0 aliphatic rings. The van der Waals surface area contributed by atoms with E-state index in [1.54, 1.807) is 18.2 Å². The molecule has 3 N–H and O–H groups in total. The van der Waals surface area contributed by atoms with Crippen LogP contribution in [0.5, 0.6) is 5.75 Å². The number of carbonyl (C=O) groups is 1. The first kappa shape index (κ1) is 17.4. The Labute approximate surface area is 135 Å². The summed E-state index contributed by atoms with van der Waals surface area (Å²) in [6.07, 6.45) is 0.741. The molecule has 0 fully saturated rings. The minimum absolute atomic E-state index is 0.0883. The van der Waals surface area contributed by atoms with Crippen LogP contribution >= 0.6 is 0 Å². The zero-order valence-corrected chi connectivity index (χ0v) is 12.6. The third kappa shape index (κ3) is 4.29. The molecule has 128 valence electrons. The van der Waals surface area contributed by atoms with E-state index in [1.807, 2.05) is 0 Å². The average molecular weight is 337 g/mol. The van der Waals surface area contributed by atoms with Crippen LogP contribution in [0.25, 0.3) is 10.8 Å². The third-order valence-corrected chi connectivity index (χ3v) is 3.11. The Balaban J connectivity index is 2.12. The number of aliphatic hydroxyl groups excluding tert-OH is 1. The molecule has 0 bridgehead atoms. The maximum absolute atomic E-state index is 12.7. The van der Waals surface area contributed by atoms with E-state index in [1.165, 1.54) is 6.20 Å². The first-order valence-corrected chi connectivity index (χ1v) is 6.99. The lowest BCUT2D eigenvalue weighted by Gasteiger charge is -2.10. The molecule has 9 heteroatoms. The standard InChI is InChI=1S/C15H16FN3O5/c16-6-10(9-24-15(17)22)8-23-12-1-2-13-11(5-12)7-18-19(3-4-20)14(13)21/h1-2,5-7,20H,3-4,8-9H2,(H2,17,22). The van der Waals surface area contributed by atoms with Crippen molar-refractivity contribution in [2.24, 2.45) is 5.73 Å². The lowest BCUT2D eigenvalue weighted by Crippen LogP contribution is -2.24. The van der Waals surface area contributed by atoms with Crippen LogP contribution in [0, 0.1) is 0 Å². The molecule has 2 rings (SSSR count). The molecular formula is C15H16FN3O5. The van der Waals surface area contributed by atoms with Crippen molar-refractivity contribution >= 4 is 16.9 Å². The predicted octanol–water partition coefficient (Wildman–Crippen LogP) is 0.716. The summed E-state index contributed by atoms with van der Waals surface area (Å²) in [5.74, 6) is 0.391. The van der Waals surface area contributed by atoms with Gasteiger partial charge in [-0.05, 0) is 18.2 Å². The lowest BCUT2D eigenvalue weighted by atomic mass is 10.2. The molecule has 8 nitrogen and oxygen atoms in total. The number of nitrogens with two attached hydrogens (primary N) is 1. The Bertz CT molecular complexity index is 818. The SMILES string of the molecule is NC(=O)OCC(=CF)COc1ccc2c(=O)n(CCO)ncc2c1. The van der Waals surface area contributed by atoms with Gasteiger partial charge in [0, 0.05) is 11.0 Å². The van der Waals surface area contributed by atoms with E-state index < -0.39 is 6.09 Å². The number of hydrogen-bond donors (Lipinski definition) is 2. The Kier molecular flexibility index (Phi) is 5.85. The fourth-order valence-corrected chi connectivity index (χ4v) is 1.95. The monoisotopic (exact) mass is 337 g/mol. The molecule has 1 heterocycles. The van der Waals surface area contributed by atoms with Gasteiger partial charge >= 0.3 is 6.09 Å². The summed E-state index contributed by atoms with van der Waals surface area (Å²) < 4.78 is 23.7. The normalized spacial score (nSPS) is 11.5. The van der Waals surface area contributed by atoms with E-state index in [2.05, 4.69) is 9.84 Å². The third-order valence-electron chi connectivity index (χ3n) is 3.11. The number of nitrogens with zero attached hydrogens (tertiary/aromatic N) is 2. The molecule has 2 aromatic rings. The van der Waals surface area contributed by atoms with Crippen LogP contribution in [0.2, 0.25) is 0 Å².